The lowest BCUT2D eigenvalue weighted by Gasteiger charge is -2.37. The van der Waals surface area contributed by atoms with Crippen LogP contribution >= 0.6 is 0 Å². The molecule has 1 aliphatic heterocycles. The predicted molar refractivity (Wildman–Crippen MR) is 95.1 cm³/mol. The largest absolute Gasteiger partial charge is 0.379 e. The third-order valence-corrected chi connectivity index (χ3v) is 5.18. The number of hydrogen-bond donors (Lipinski definition) is 1. The van der Waals surface area contributed by atoms with E-state index in [1.54, 1.807) is 0 Å². The molecule has 0 radical (unpaired) electrons. The van der Waals surface area contributed by atoms with E-state index in [0.717, 1.165) is 52.1 Å². The topological polar surface area (TPSA) is 44.8 Å². The Morgan fingerprint density at radius 2 is 2.00 bits per heavy atom. The smallest absolute Gasteiger partial charge is 0.317 e. The van der Waals surface area contributed by atoms with Crippen LogP contribution in [0.2, 0.25) is 0 Å². The summed E-state index contributed by atoms with van der Waals surface area (Å²) in [5, 5.41) is 3.27. The van der Waals surface area contributed by atoms with E-state index in [0.29, 0.717) is 6.04 Å². The van der Waals surface area contributed by atoms with Crippen molar-refractivity contribution in [2.45, 2.75) is 37.8 Å². The number of benzene rings is 1. The van der Waals surface area contributed by atoms with Crippen LogP contribution in [0.25, 0.3) is 0 Å². The van der Waals surface area contributed by atoms with E-state index in [9.17, 15) is 4.79 Å². The number of amides is 2. The van der Waals surface area contributed by atoms with Gasteiger partial charge in [-0.3, -0.25) is 4.90 Å². The minimum absolute atomic E-state index is 0.0638. The van der Waals surface area contributed by atoms with Gasteiger partial charge in [-0.15, -0.1) is 0 Å². The molecular formula is C19H29N3O2. The molecule has 24 heavy (non-hydrogen) atoms. The van der Waals surface area contributed by atoms with Crippen LogP contribution in [0.4, 0.5) is 4.79 Å². The van der Waals surface area contributed by atoms with Crippen LogP contribution in [-0.4, -0.2) is 67.8 Å². The minimum Gasteiger partial charge on any atom is -0.379 e. The molecule has 0 aromatic heterocycles. The van der Waals surface area contributed by atoms with Crippen molar-refractivity contribution >= 4 is 6.03 Å². The molecule has 0 unspecified atom stereocenters. The van der Waals surface area contributed by atoms with Crippen molar-refractivity contribution in [3.05, 3.63) is 35.9 Å². The number of ether oxygens (including phenoxy) is 1. The fourth-order valence-electron chi connectivity index (χ4n) is 3.37. The molecule has 1 atom stereocenters. The first-order valence-corrected chi connectivity index (χ1v) is 9.10. The first-order valence-electron chi connectivity index (χ1n) is 9.10. The van der Waals surface area contributed by atoms with Gasteiger partial charge in [0.1, 0.15) is 0 Å². The average molecular weight is 331 g/mol. The van der Waals surface area contributed by atoms with Crippen LogP contribution in [0.15, 0.2) is 30.3 Å². The Bertz CT molecular complexity index is 513. The molecule has 1 saturated carbocycles. The number of hydrogen-bond acceptors (Lipinski definition) is 3. The number of nitrogens with zero attached hydrogens (tertiary/aromatic N) is 2. The van der Waals surface area contributed by atoms with Crippen molar-refractivity contribution in [3.8, 4) is 0 Å². The highest BCUT2D eigenvalue weighted by Gasteiger charge is 2.27. The first-order chi connectivity index (χ1) is 11.7. The second-order valence-corrected chi connectivity index (χ2v) is 6.94. The number of carbonyl (C=O) groups is 1. The van der Waals surface area contributed by atoms with Crippen LogP contribution in [0, 0.1) is 0 Å². The zero-order valence-electron chi connectivity index (χ0n) is 14.6. The molecule has 1 aromatic rings. The summed E-state index contributed by atoms with van der Waals surface area (Å²) in [4.78, 5) is 16.9. The van der Waals surface area contributed by atoms with E-state index >= 15 is 0 Å². The summed E-state index contributed by atoms with van der Waals surface area (Å²) >= 11 is 0. The summed E-state index contributed by atoms with van der Waals surface area (Å²) in [6.45, 7) is 4.34. The molecular weight excluding hydrogens is 302 g/mol. The van der Waals surface area contributed by atoms with Gasteiger partial charge >= 0.3 is 6.03 Å². The van der Waals surface area contributed by atoms with Gasteiger partial charge in [0.25, 0.3) is 0 Å². The highest BCUT2D eigenvalue weighted by atomic mass is 16.5. The molecule has 132 valence electrons. The standard InChI is InChI=1S/C19H29N3O2/c1-21(18-8-5-9-18)19(23)20-17(14-16-6-3-2-4-7-16)15-22-10-12-24-13-11-22/h2-4,6-7,17-18H,5,8-15H2,1H3,(H,20,23)/t17-/m1/s1. The number of urea groups is 1. The Labute approximate surface area is 145 Å². The van der Waals surface area contributed by atoms with Crippen molar-refractivity contribution in [2.75, 3.05) is 39.9 Å². The Balaban J connectivity index is 1.60. The van der Waals surface area contributed by atoms with Gasteiger partial charge in [0.15, 0.2) is 0 Å². The molecule has 1 aliphatic carbocycles. The minimum atomic E-state index is 0.0638. The summed E-state index contributed by atoms with van der Waals surface area (Å²) in [5.74, 6) is 0. The van der Waals surface area contributed by atoms with Crippen LogP contribution in [0.5, 0.6) is 0 Å². The van der Waals surface area contributed by atoms with Crippen LogP contribution in [0.3, 0.4) is 0 Å². The number of nitrogens with one attached hydrogen (secondary N) is 1. The van der Waals surface area contributed by atoms with Gasteiger partial charge in [-0.1, -0.05) is 30.3 Å². The molecule has 1 saturated heterocycles. The fraction of sp³-hybridized carbons (Fsp3) is 0.632. The first kappa shape index (κ1) is 17.2. The summed E-state index contributed by atoms with van der Waals surface area (Å²) in [6, 6.07) is 11.0. The predicted octanol–water partition coefficient (Wildman–Crippen LogP) is 2.12. The number of morpholine rings is 1. The molecule has 1 N–H and O–H groups in total. The second kappa shape index (κ2) is 8.49. The lowest BCUT2D eigenvalue weighted by atomic mass is 9.92. The van der Waals surface area contributed by atoms with Crippen molar-refractivity contribution in [1.82, 2.24) is 15.1 Å². The molecule has 1 heterocycles. The lowest BCUT2D eigenvalue weighted by molar-refractivity contribution is 0.0336. The van der Waals surface area contributed by atoms with E-state index < -0.39 is 0 Å². The van der Waals surface area contributed by atoms with Gasteiger partial charge in [0.2, 0.25) is 0 Å². The summed E-state index contributed by atoms with van der Waals surface area (Å²) in [7, 11) is 1.92. The summed E-state index contributed by atoms with van der Waals surface area (Å²) in [5.41, 5.74) is 1.27. The Hall–Kier alpha value is -1.59. The Morgan fingerprint density at radius 1 is 1.29 bits per heavy atom. The molecule has 0 bridgehead atoms. The van der Waals surface area contributed by atoms with Gasteiger partial charge in [-0.2, -0.15) is 0 Å². The maximum absolute atomic E-state index is 12.6. The second-order valence-electron chi connectivity index (χ2n) is 6.94. The van der Waals surface area contributed by atoms with Gasteiger partial charge in [-0.25, -0.2) is 4.79 Å². The maximum Gasteiger partial charge on any atom is 0.317 e. The van der Waals surface area contributed by atoms with E-state index in [1.165, 1.54) is 12.0 Å². The molecule has 3 rings (SSSR count). The van der Waals surface area contributed by atoms with E-state index in [2.05, 4.69) is 34.5 Å². The molecule has 2 aliphatic rings. The van der Waals surface area contributed by atoms with Gasteiger partial charge < -0.3 is 15.0 Å². The molecule has 5 heteroatoms. The maximum atomic E-state index is 12.6. The summed E-state index contributed by atoms with van der Waals surface area (Å²) < 4.78 is 5.44. The van der Waals surface area contributed by atoms with Gasteiger partial charge in [0.05, 0.1) is 13.2 Å². The monoisotopic (exact) mass is 331 g/mol. The lowest BCUT2D eigenvalue weighted by Crippen LogP contribution is -2.53. The van der Waals surface area contributed by atoms with Gasteiger partial charge in [0, 0.05) is 38.8 Å². The normalized spacial score (nSPS) is 20.2. The average Bonchev–Trinajstić information content (AvgIpc) is 2.55. The molecule has 5 nitrogen and oxygen atoms in total. The third kappa shape index (κ3) is 4.71. The zero-order valence-corrected chi connectivity index (χ0v) is 14.6. The zero-order chi connectivity index (χ0) is 16.8. The third-order valence-electron chi connectivity index (χ3n) is 5.18. The van der Waals surface area contributed by atoms with Crippen molar-refractivity contribution < 1.29 is 9.53 Å². The molecule has 1 aromatic carbocycles. The molecule has 2 amide bonds. The van der Waals surface area contributed by atoms with Gasteiger partial charge in [-0.05, 0) is 31.2 Å². The quantitative estimate of drug-likeness (QED) is 0.868. The Kier molecular flexibility index (Phi) is 6.10. The van der Waals surface area contributed by atoms with E-state index in [-0.39, 0.29) is 12.1 Å². The molecule has 0 spiro atoms. The molecule has 2 fully saturated rings. The van der Waals surface area contributed by atoms with Crippen LogP contribution in [0.1, 0.15) is 24.8 Å². The fourth-order valence-corrected chi connectivity index (χ4v) is 3.37. The van der Waals surface area contributed by atoms with Crippen LogP contribution in [-0.2, 0) is 11.2 Å². The highest BCUT2D eigenvalue weighted by Crippen LogP contribution is 2.23. The van der Waals surface area contributed by atoms with Crippen molar-refractivity contribution in [1.29, 1.82) is 0 Å². The van der Waals surface area contributed by atoms with Crippen molar-refractivity contribution in [3.63, 3.8) is 0 Å². The summed E-state index contributed by atoms with van der Waals surface area (Å²) in [6.07, 6.45) is 4.37. The Morgan fingerprint density at radius 3 is 2.62 bits per heavy atom. The number of carbonyl (C=O) groups excluding carboxylic acids is 1. The van der Waals surface area contributed by atoms with E-state index in [4.69, 9.17) is 4.74 Å². The van der Waals surface area contributed by atoms with Crippen molar-refractivity contribution in [2.24, 2.45) is 0 Å². The van der Waals surface area contributed by atoms with Crippen LogP contribution < -0.4 is 5.32 Å². The SMILES string of the molecule is CN(C(=O)N[C@H](Cc1ccccc1)CN1CCOCC1)C1CCC1. The van der Waals surface area contributed by atoms with E-state index in [1.807, 2.05) is 18.0 Å². The highest BCUT2D eigenvalue weighted by molar-refractivity contribution is 5.74. The number of rotatable bonds is 6.